The zero-order chi connectivity index (χ0) is 16.6. The van der Waals surface area contributed by atoms with E-state index in [2.05, 4.69) is 44.9 Å². The minimum Gasteiger partial charge on any atom is -0.374 e. The molecule has 3 rings (SSSR count). The molecule has 0 amide bonds. The lowest BCUT2D eigenvalue weighted by molar-refractivity contribution is 0.0108. The number of rotatable bonds is 3. The number of aromatic nitrogens is 3. The van der Waals surface area contributed by atoms with Crippen molar-refractivity contribution in [3.05, 3.63) is 28.5 Å². The standard InChI is InChI=1S/C16H20BrFN4O/c1-10(2)14-9-22(6-7-23-14)16-20-19-15(21(16)3)12-5-4-11(18)8-13(12)17/h4-5,8,10,14H,6-7,9H2,1-3H3/t14-/m0/s1. The van der Waals surface area contributed by atoms with E-state index in [0.717, 1.165) is 24.6 Å². The molecule has 0 saturated carbocycles. The van der Waals surface area contributed by atoms with Crippen LogP contribution in [-0.4, -0.2) is 40.6 Å². The molecular formula is C16H20BrFN4O. The number of nitrogens with zero attached hydrogens (tertiary/aromatic N) is 4. The molecule has 0 radical (unpaired) electrons. The Bertz CT molecular complexity index is 703. The van der Waals surface area contributed by atoms with Crippen molar-refractivity contribution in [1.29, 1.82) is 0 Å². The van der Waals surface area contributed by atoms with Gasteiger partial charge < -0.3 is 9.64 Å². The summed E-state index contributed by atoms with van der Waals surface area (Å²) in [6.45, 7) is 6.59. The van der Waals surface area contributed by atoms with Gasteiger partial charge >= 0.3 is 0 Å². The van der Waals surface area contributed by atoms with Crippen LogP contribution in [-0.2, 0) is 11.8 Å². The SMILES string of the molecule is CC(C)[C@@H]1CN(c2nnc(-c3ccc(F)cc3Br)n2C)CCO1. The van der Waals surface area contributed by atoms with Gasteiger partial charge in [0.2, 0.25) is 5.95 Å². The van der Waals surface area contributed by atoms with Crippen molar-refractivity contribution in [2.24, 2.45) is 13.0 Å². The van der Waals surface area contributed by atoms with Crippen molar-refractivity contribution in [2.75, 3.05) is 24.6 Å². The fourth-order valence-corrected chi connectivity index (χ4v) is 3.29. The second-order valence-corrected chi connectivity index (χ2v) is 6.96. The minimum atomic E-state index is -0.282. The van der Waals surface area contributed by atoms with Gasteiger partial charge in [-0.25, -0.2) is 4.39 Å². The highest BCUT2D eigenvalue weighted by molar-refractivity contribution is 9.10. The molecule has 5 nitrogen and oxygen atoms in total. The molecule has 124 valence electrons. The summed E-state index contributed by atoms with van der Waals surface area (Å²) in [5.74, 6) is 1.69. The molecule has 2 heterocycles. The Hall–Kier alpha value is -1.47. The van der Waals surface area contributed by atoms with Crippen LogP contribution >= 0.6 is 15.9 Å². The summed E-state index contributed by atoms with van der Waals surface area (Å²) in [4.78, 5) is 2.20. The van der Waals surface area contributed by atoms with Gasteiger partial charge in [-0.05, 0) is 40.0 Å². The normalized spacial score (nSPS) is 18.7. The summed E-state index contributed by atoms with van der Waals surface area (Å²) in [6.07, 6.45) is 0.196. The summed E-state index contributed by atoms with van der Waals surface area (Å²) in [7, 11) is 1.93. The van der Waals surface area contributed by atoms with E-state index in [1.807, 2.05) is 11.6 Å². The average Bonchev–Trinajstić information content (AvgIpc) is 2.89. The maximum atomic E-state index is 13.3. The molecule has 7 heteroatoms. The van der Waals surface area contributed by atoms with Crippen molar-refractivity contribution in [1.82, 2.24) is 14.8 Å². The van der Waals surface area contributed by atoms with Crippen LogP contribution < -0.4 is 4.90 Å². The molecule has 1 saturated heterocycles. The quantitative estimate of drug-likeness (QED) is 0.816. The first-order valence-corrected chi connectivity index (χ1v) is 8.48. The molecule has 1 aromatic heterocycles. The maximum absolute atomic E-state index is 13.3. The van der Waals surface area contributed by atoms with Crippen LogP contribution in [0.3, 0.4) is 0 Å². The second-order valence-electron chi connectivity index (χ2n) is 6.11. The lowest BCUT2D eigenvalue weighted by Crippen LogP contribution is -2.45. The van der Waals surface area contributed by atoms with Gasteiger partial charge in [0.05, 0.1) is 12.7 Å². The van der Waals surface area contributed by atoms with E-state index in [0.29, 0.717) is 22.8 Å². The van der Waals surface area contributed by atoms with E-state index in [1.165, 1.54) is 12.1 Å². The second kappa shape index (κ2) is 6.57. The van der Waals surface area contributed by atoms with Gasteiger partial charge in [-0.2, -0.15) is 0 Å². The van der Waals surface area contributed by atoms with E-state index < -0.39 is 0 Å². The summed E-state index contributed by atoms with van der Waals surface area (Å²) in [5, 5.41) is 8.64. The number of benzene rings is 1. The molecule has 0 unspecified atom stereocenters. The predicted octanol–water partition coefficient (Wildman–Crippen LogP) is 3.24. The highest BCUT2D eigenvalue weighted by Crippen LogP contribution is 2.29. The molecule has 1 aliphatic rings. The molecule has 0 aliphatic carbocycles. The zero-order valence-corrected chi connectivity index (χ0v) is 15.0. The van der Waals surface area contributed by atoms with Crippen LogP contribution in [0.4, 0.5) is 10.3 Å². The molecule has 0 N–H and O–H groups in total. The van der Waals surface area contributed by atoms with Crippen molar-refractivity contribution in [3.63, 3.8) is 0 Å². The third-order valence-corrected chi connectivity index (χ3v) is 4.80. The van der Waals surface area contributed by atoms with Crippen LogP contribution in [0.15, 0.2) is 22.7 Å². The highest BCUT2D eigenvalue weighted by atomic mass is 79.9. The minimum absolute atomic E-state index is 0.196. The Morgan fingerprint density at radius 3 is 2.83 bits per heavy atom. The van der Waals surface area contributed by atoms with Crippen molar-refractivity contribution in [2.45, 2.75) is 20.0 Å². The Morgan fingerprint density at radius 2 is 2.13 bits per heavy atom. The molecule has 1 fully saturated rings. The van der Waals surface area contributed by atoms with Crippen LogP contribution in [0.5, 0.6) is 0 Å². The number of halogens is 2. The Labute approximate surface area is 143 Å². The van der Waals surface area contributed by atoms with Gasteiger partial charge in [-0.1, -0.05) is 13.8 Å². The number of anilines is 1. The first-order chi connectivity index (χ1) is 11.0. The molecule has 1 aromatic carbocycles. The first kappa shape index (κ1) is 16.4. The lowest BCUT2D eigenvalue weighted by Gasteiger charge is -2.35. The molecule has 2 aromatic rings. The topological polar surface area (TPSA) is 43.2 Å². The monoisotopic (exact) mass is 382 g/mol. The fourth-order valence-electron chi connectivity index (χ4n) is 2.76. The first-order valence-electron chi connectivity index (χ1n) is 7.68. The zero-order valence-electron chi connectivity index (χ0n) is 13.5. The smallest absolute Gasteiger partial charge is 0.227 e. The van der Waals surface area contributed by atoms with Crippen molar-refractivity contribution in [3.8, 4) is 11.4 Å². The number of hydrogen-bond acceptors (Lipinski definition) is 4. The van der Waals surface area contributed by atoms with Gasteiger partial charge in [0, 0.05) is 30.2 Å². The highest BCUT2D eigenvalue weighted by Gasteiger charge is 2.26. The van der Waals surface area contributed by atoms with Crippen LogP contribution in [0, 0.1) is 11.7 Å². The van der Waals surface area contributed by atoms with Gasteiger partial charge in [-0.15, -0.1) is 10.2 Å². The Morgan fingerprint density at radius 1 is 1.35 bits per heavy atom. The van der Waals surface area contributed by atoms with Crippen molar-refractivity contribution < 1.29 is 9.13 Å². The van der Waals surface area contributed by atoms with E-state index in [1.54, 1.807) is 6.07 Å². The van der Waals surface area contributed by atoms with E-state index in [9.17, 15) is 4.39 Å². The summed E-state index contributed by atoms with van der Waals surface area (Å²) in [5.41, 5.74) is 0.821. The maximum Gasteiger partial charge on any atom is 0.227 e. The molecule has 0 bridgehead atoms. The predicted molar refractivity (Wildman–Crippen MR) is 90.9 cm³/mol. The van der Waals surface area contributed by atoms with Crippen LogP contribution in [0.2, 0.25) is 0 Å². The Kier molecular flexibility index (Phi) is 4.68. The summed E-state index contributed by atoms with van der Waals surface area (Å²) < 4.78 is 21.7. The number of hydrogen-bond donors (Lipinski definition) is 0. The third kappa shape index (κ3) is 3.26. The van der Waals surface area contributed by atoms with E-state index >= 15 is 0 Å². The van der Waals surface area contributed by atoms with E-state index in [-0.39, 0.29) is 11.9 Å². The lowest BCUT2D eigenvalue weighted by atomic mass is 10.1. The van der Waals surface area contributed by atoms with Crippen molar-refractivity contribution >= 4 is 21.9 Å². The molecule has 0 spiro atoms. The molecule has 1 aliphatic heterocycles. The summed E-state index contributed by atoms with van der Waals surface area (Å²) in [6, 6.07) is 4.58. The van der Waals surface area contributed by atoms with E-state index in [4.69, 9.17) is 4.74 Å². The van der Waals surface area contributed by atoms with Crippen LogP contribution in [0.25, 0.3) is 11.4 Å². The molecule has 23 heavy (non-hydrogen) atoms. The molecular weight excluding hydrogens is 363 g/mol. The van der Waals surface area contributed by atoms with Gasteiger partial charge in [0.15, 0.2) is 5.82 Å². The van der Waals surface area contributed by atoms with Gasteiger partial charge in [0.1, 0.15) is 5.82 Å². The number of morpholine rings is 1. The third-order valence-electron chi connectivity index (χ3n) is 4.14. The Balaban J connectivity index is 1.90. The summed E-state index contributed by atoms with van der Waals surface area (Å²) >= 11 is 3.40. The largest absolute Gasteiger partial charge is 0.374 e. The average molecular weight is 383 g/mol. The van der Waals surface area contributed by atoms with Crippen LogP contribution in [0.1, 0.15) is 13.8 Å². The van der Waals surface area contributed by atoms with Gasteiger partial charge in [0.25, 0.3) is 0 Å². The van der Waals surface area contributed by atoms with Gasteiger partial charge in [-0.3, -0.25) is 4.57 Å². The number of ether oxygens (including phenoxy) is 1. The molecule has 1 atom stereocenters. The fraction of sp³-hybridized carbons (Fsp3) is 0.500.